The van der Waals surface area contributed by atoms with Crippen LogP contribution in [0.25, 0.3) is 10.4 Å². The molecule has 5 N–H and O–H groups in total. The van der Waals surface area contributed by atoms with Crippen LogP contribution in [0.4, 0.5) is 0 Å². The van der Waals surface area contributed by atoms with Gasteiger partial charge >= 0.3 is 5.97 Å². The highest BCUT2D eigenvalue weighted by atomic mass is 16.7. The number of azide groups is 1. The molecule has 1 aliphatic heterocycles. The Morgan fingerprint density at radius 1 is 1.61 bits per heavy atom. The van der Waals surface area contributed by atoms with Crippen LogP contribution in [0.1, 0.15) is 6.42 Å². The Morgan fingerprint density at radius 2 is 2.22 bits per heavy atom. The molecule has 0 bridgehead atoms. The van der Waals surface area contributed by atoms with E-state index in [4.69, 9.17) is 10.6 Å². The number of aliphatic hydroxyl groups is 4. The molecule has 1 rings (SSSR count). The smallest absolute Gasteiger partial charge is 0.364 e. The average Bonchev–Trinajstić information content (AvgIpc) is 2.30. The summed E-state index contributed by atoms with van der Waals surface area (Å²) in [6, 6.07) is 0. The second-order valence-electron chi connectivity index (χ2n) is 3.91. The minimum Gasteiger partial charge on any atom is -0.477 e. The first-order valence-electron chi connectivity index (χ1n) is 5.00. The molecule has 1 aliphatic rings. The van der Waals surface area contributed by atoms with E-state index < -0.39 is 49.1 Å². The number of nitrogens with zero attached hydrogens (tertiary/aromatic N) is 3. The Kier molecular flexibility index (Phi) is 4.46. The van der Waals surface area contributed by atoms with E-state index in [1.54, 1.807) is 0 Å². The quantitative estimate of drug-likeness (QED) is 0.220. The summed E-state index contributed by atoms with van der Waals surface area (Å²) in [5, 5.41) is 49.9. The van der Waals surface area contributed by atoms with Crippen LogP contribution in [0.3, 0.4) is 0 Å². The van der Waals surface area contributed by atoms with E-state index in [2.05, 4.69) is 14.8 Å². The monoisotopic (exact) mass is 263 g/mol. The summed E-state index contributed by atoms with van der Waals surface area (Å²) in [4.78, 5) is 13.2. The lowest BCUT2D eigenvalue weighted by molar-refractivity contribution is -0.306. The Hall–Kier alpha value is -1.42. The van der Waals surface area contributed by atoms with E-state index in [-0.39, 0.29) is 0 Å². The fourth-order valence-corrected chi connectivity index (χ4v) is 1.63. The lowest BCUT2D eigenvalue weighted by Gasteiger charge is -2.41. The van der Waals surface area contributed by atoms with Crippen molar-refractivity contribution in [2.45, 2.75) is 36.6 Å². The highest BCUT2D eigenvalue weighted by Gasteiger charge is 2.52. The zero-order valence-corrected chi connectivity index (χ0v) is 9.12. The van der Waals surface area contributed by atoms with E-state index in [9.17, 15) is 25.2 Å². The molecule has 0 radical (unpaired) electrons. The molecule has 102 valence electrons. The van der Waals surface area contributed by atoms with Crippen molar-refractivity contribution in [2.24, 2.45) is 5.11 Å². The predicted molar refractivity (Wildman–Crippen MR) is 54.1 cm³/mol. The number of hydrogen-bond acceptors (Lipinski definition) is 7. The van der Waals surface area contributed by atoms with Crippen LogP contribution in [-0.4, -0.2) is 68.2 Å². The number of ether oxygens (including phenoxy) is 1. The number of carboxylic acids is 1. The van der Waals surface area contributed by atoms with E-state index in [0.717, 1.165) is 0 Å². The normalized spacial score (nSPS) is 37.7. The third-order valence-corrected chi connectivity index (χ3v) is 2.59. The molecule has 1 fully saturated rings. The van der Waals surface area contributed by atoms with Gasteiger partial charge in [0.15, 0.2) is 0 Å². The highest BCUT2D eigenvalue weighted by Crippen LogP contribution is 2.29. The number of aliphatic carboxylic acids is 1. The third kappa shape index (κ3) is 2.88. The molecular weight excluding hydrogens is 250 g/mol. The molecule has 0 unspecified atom stereocenters. The van der Waals surface area contributed by atoms with Crippen molar-refractivity contribution in [2.75, 3.05) is 6.54 Å². The minimum atomic E-state index is -2.71. The maximum atomic E-state index is 10.8. The summed E-state index contributed by atoms with van der Waals surface area (Å²) in [6.07, 6.45) is -7.08. The SMILES string of the molecule is [N-]=[N+]=NC[C@@H](O)[C@H]1O[C@@](O)(C(=O)O)C[C@H](O)[C@H]1O. The van der Waals surface area contributed by atoms with Crippen molar-refractivity contribution >= 4 is 5.97 Å². The van der Waals surface area contributed by atoms with Crippen LogP contribution >= 0.6 is 0 Å². The standard InChI is InChI=1S/C8H13N3O7/c9-11-10-2-4(13)6-5(14)3(12)1-8(17,18-6)7(15)16/h3-6,12-14,17H,1-2H2,(H,15,16)/t3-,4+,5+,6+,8+/m0/s1. The maximum Gasteiger partial charge on any atom is 0.364 e. The predicted octanol–water partition coefficient (Wildman–Crippen LogP) is -2.06. The Bertz CT molecular complexity index is 372. The van der Waals surface area contributed by atoms with Gasteiger partial charge in [-0.15, -0.1) is 0 Å². The molecule has 1 heterocycles. The molecular formula is C8H13N3O7. The molecule has 1 saturated heterocycles. The van der Waals surface area contributed by atoms with Crippen LogP contribution < -0.4 is 0 Å². The second kappa shape index (κ2) is 5.48. The van der Waals surface area contributed by atoms with Crippen molar-refractivity contribution < 1.29 is 35.1 Å². The van der Waals surface area contributed by atoms with E-state index in [1.165, 1.54) is 0 Å². The zero-order chi connectivity index (χ0) is 13.9. The maximum absolute atomic E-state index is 10.8. The summed E-state index contributed by atoms with van der Waals surface area (Å²) in [5.74, 6) is -4.46. The Balaban J connectivity index is 2.88. The summed E-state index contributed by atoms with van der Waals surface area (Å²) in [5.41, 5.74) is 8.07. The summed E-state index contributed by atoms with van der Waals surface area (Å²) in [6.45, 7) is -0.499. The number of rotatable bonds is 4. The first-order chi connectivity index (χ1) is 8.31. The van der Waals surface area contributed by atoms with Gasteiger partial charge in [0.25, 0.3) is 5.79 Å². The van der Waals surface area contributed by atoms with Crippen LogP contribution in [-0.2, 0) is 9.53 Å². The molecule has 10 heteroatoms. The van der Waals surface area contributed by atoms with Crippen LogP contribution in [0, 0.1) is 0 Å². The fourth-order valence-electron chi connectivity index (χ4n) is 1.63. The zero-order valence-electron chi connectivity index (χ0n) is 9.12. The van der Waals surface area contributed by atoms with Gasteiger partial charge in [-0.25, -0.2) is 4.79 Å². The third-order valence-electron chi connectivity index (χ3n) is 2.59. The van der Waals surface area contributed by atoms with Crippen molar-refractivity contribution in [1.82, 2.24) is 0 Å². The molecule has 0 aliphatic carbocycles. The average molecular weight is 263 g/mol. The number of hydrogen-bond donors (Lipinski definition) is 5. The molecule has 5 atom stereocenters. The Morgan fingerprint density at radius 3 is 2.72 bits per heavy atom. The van der Waals surface area contributed by atoms with E-state index in [0.29, 0.717) is 0 Å². The Labute approximate surface area is 101 Å². The van der Waals surface area contributed by atoms with Crippen molar-refractivity contribution in [3.63, 3.8) is 0 Å². The molecule has 0 amide bonds. The van der Waals surface area contributed by atoms with Gasteiger partial charge in [-0.3, -0.25) is 0 Å². The second-order valence-corrected chi connectivity index (χ2v) is 3.91. The molecule has 0 saturated carbocycles. The van der Waals surface area contributed by atoms with Crippen molar-refractivity contribution in [1.29, 1.82) is 0 Å². The number of aliphatic hydroxyl groups excluding tert-OH is 3. The summed E-state index contributed by atoms with van der Waals surface area (Å²) in [7, 11) is 0. The largest absolute Gasteiger partial charge is 0.477 e. The molecule has 0 aromatic rings. The summed E-state index contributed by atoms with van der Waals surface area (Å²) < 4.78 is 4.69. The van der Waals surface area contributed by atoms with Gasteiger partial charge in [0.05, 0.1) is 18.8 Å². The van der Waals surface area contributed by atoms with Gasteiger partial charge < -0.3 is 30.3 Å². The number of carboxylic acid groups (broad SMARTS) is 1. The molecule has 0 spiro atoms. The van der Waals surface area contributed by atoms with Gasteiger partial charge in [0.1, 0.15) is 12.2 Å². The van der Waals surface area contributed by atoms with E-state index in [1.807, 2.05) is 0 Å². The first-order valence-corrected chi connectivity index (χ1v) is 5.00. The molecule has 10 nitrogen and oxygen atoms in total. The lowest BCUT2D eigenvalue weighted by Crippen LogP contribution is -2.61. The first kappa shape index (κ1) is 14.6. The minimum absolute atomic E-state index is 0.499. The van der Waals surface area contributed by atoms with Gasteiger partial charge in [-0.2, -0.15) is 0 Å². The van der Waals surface area contributed by atoms with Crippen molar-refractivity contribution in [3.8, 4) is 0 Å². The highest BCUT2D eigenvalue weighted by molar-refractivity contribution is 5.75. The van der Waals surface area contributed by atoms with Gasteiger partial charge in [0, 0.05) is 11.3 Å². The van der Waals surface area contributed by atoms with E-state index >= 15 is 0 Å². The van der Waals surface area contributed by atoms with Crippen LogP contribution in [0.5, 0.6) is 0 Å². The fraction of sp³-hybridized carbons (Fsp3) is 0.875. The van der Waals surface area contributed by atoms with Crippen LogP contribution in [0.2, 0.25) is 0 Å². The van der Waals surface area contributed by atoms with Gasteiger partial charge in [0.2, 0.25) is 0 Å². The van der Waals surface area contributed by atoms with Gasteiger partial charge in [-0.1, -0.05) is 5.11 Å². The van der Waals surface area contributed by atoms with Crippen LogP contribution in [0.15, 0.2) is 5.11 Å². The lowest BCUT2D eigenvalue weighted by atomic mass is 9.92. The van der Waals surface area contributed by atoms with Crippen molar-refractivity contribution in [3.05, 3.63) is 10.4 Å². The number of carbonyl (C=O) groups is 1. The van der Waals surface area contributed by atoms with Gasteiger partial charge in [-0.05, 0) is 5.53 Å². The molecule has 18 heavy (non-hydrogen) atoms. The summed E-state index contributed by atoms with van der Waals surface area (Å²) >= 11 is 0. The topological polar surface area (TPSA) is 176 Å². The molecule has 0 aromatic carbocycles. The molecule has 0 aromatic heterocycles.